The van der Waals surface area contributed by atoms with E-state index in [2.05, 4.69) is 20.6 Å². The number of hydrogen-bond donors (Lipinski definition) is 1. The summed E-state index contributed by atoms with van der Waals surface area (Å²) in [4.78, 5) is 13.8. The van der Waals surface area contributed by atoms with E-state index in [4.69, 9.17) is 4.74 Å². The Morgan fingerprint density at radius 1 is 1.36 bits per heavy atom. The Morgan fingerprint density at radius 3 is 2.80 bits per heavy atom. The number of aromatic nitrogens is 4. The molecule has 2 aromatic heterocycles. The topological polar surface area (TPSA) is 84.6 Å². The van der Waals surface area contributed by atoms with E-state index in [1.54, 1.807) is 19.2 Å². The Kier molecular flexibility index (Phi) is 5.37. The molecule has 1 saturated heterocycles. The number of carbonyl (C=O) groups is 1. The maximum Gasteiger partial charge on any atom is 0.299 e. The van der Waals surface area contributed by atoms with Gasteiger partial charge in [-0.3, -0.25) is 4.79 Å². The molecule has 136 valence electrons. The number of ether oxygens (including phenoxy) is 1. The van der Waals surface area contributed by atoms with Gasteiger partial charge in [-0.05, 0) is 25.0 Å². The average Bonchev–Trinajstić information content (AvgIpc) is 3.04. The van der Waals surface area contributed by atoms with Crippen molar-refractivity contribution in [3.8, 4) is 0 Å². The Hall–Kier alpha value is -2.36. The molecule has 1 amide bonds. The second kappa shape index (κ2) is 7.68. The molecular formula is C15H20F2N6O2. The van der Waals surface area contributed by atoms with Gasteiger partial charge < -0.3 is 15.0 Å². The summed E-state index contributed by atoms with van der Waals surface area (Å²) in [6.45, 7) is 1.72. The van der Waals surface area contributed by atoms with Gasteiger partial charge in [-0.25, -0.2) is 8.78 Å². The normalized spacial score (nSPS) is 15.9. The molecule has 8 nitrogen and oxygen atoms in total. The van der Waals surface area contributed by atoms with Crippen molar-refractivity contribution in [3.05, 3.63) is 18.0 Å². The molecule has 0 aromatic carbocycles. The number of nitrogens with one attached hydrogen (secondary N) is 1. The third kappa shape index (κ3) is 4.01. The predicted octanol–water partition coefficient (Wildman–Crippen LogP) is 1.50. The molecule has 1 aliphatic rings. The molecule has 0 aliphatic carbocycles. The minimum absolute atomic E-state index is 0.0888. The number of carbonyl (C=O) groups excluding carboxylic acids is 1. The first-order chi connectivity index (χ1) is 12.1. The summed E-state index contributed by atoms with van der Waals surface area (Å²) < 4.78 is 31.8. The summed E-state index contributed by atoms with van der Waals surface area (Å²) in [5, 5.41) is 14.5. The third-order valence-electron chi connectivity index (χ3n) is 4.20. The van der Waals surface area contributed by atoms with Gasteiger partial charge in [0.05, 0.1) is 13.0 Å². The van der Waals surface area contributed by atoms with Gasteiger partial charge in [0.15, 0.2) is 5.65 Å². The lowest BCUT2D eigenvalue weighted by Crippen LogP contribution is -2.42. The highest BCUT2D eigenvalue weighted by molar-refractivity contribution is 5.76. The standard InChI is InChI=1S/C15H20F2N6O2/c1-25-9-6-13(24)22-7-4-10(5-8-22)18-11-2-3-12-19-20-15(14(16)17)23(12)21-11/h2-3,10,14H,4-9H2,1H3,(H,18,21). The molecule has 0 saturated carbocycles. The van der Waals surface area contributed by atoms with Gasteiger partial charge in [0.1, 0.15) is 5.82 Å². The average molecular weight is 354 g/mol. The van der Waals surface area contributed by atoms with Crippen LogP contribution >= 0.6 is 0 Å². The largest absolute Gasteiger partial charge is 0.384 e. The van der Waals surface area contributed by atoms with Gasteiger partial charge in [0, 0.05) is 26.2 Å². The molecule has 0 atom stereocenters. The van der Waals surface area contributed by atoms with E-state index in [9.17, 15) is 13.6 Å². The van der Waals surface area contributed by atoms with Crippen molar-refractivity contribution in [1.82, 2.24) is 24.7 Å². The summed E-state index contributed by atoms with van der Waals surface area (Å²) in [5.41, 5.74) is 0.277. The van der Waals surface area contributed by atoms with Crippen LogP contribution in [0.2, 0.25) is 0 Å². The number of amides is 1. The summed E-state index contributed by atoms with van der Waals surface area (Å²) in [5.74, 6) is 0.0986. The summed E-state index contributed by atoms with van der Waals surface area (Å²) in [7, 11) is 1.57. The molecule has 25 heavy (non-hydrogen) atoms. The van der Waals surface area contributed by atoms with Crippen LogP contribution < -0.4 is 5.32 Å². The zero-order chi connectivity index (χ0) is 17.8. The lowest BCUT2D eigenvalue weighted by Gasteiger charge is -2.32. The molecule has 0 bridgehead atoms. The lowest BCUT2D eigenvalue weighted by molar-refractivity contribution is -0.133. The first-order valence-corrected chi connectivity index (χ1v) is 8.12. The Morgan fingerprint density at radius 2 is 2.12 bits per heavy atom. The highest BCUT2D eigenvalue weighted by atomic mass is 19.3. The number of piperidine rings is 1. The zero-order valence-electron chi connectivity index (χ0n) is 13.9. The minimum atomic E-state index is -2.74. The molecule has 3 rings (SSSR count). The number of alkyl halides is 2. The summed E-state index contributed by atoms with van der Waals surface area (Å²) in [6, 6.07) is 3.41. The fourth-order valence-corrected chi connectivity index (χ4v) is 2.85. The number of nitrogens with zero attached hydrogens (tertiary/aromatic N) is 5. The van der Waals surface area contributed by atoms with Crippen molar-refractivity contribution < 1.29 is 18.3 Å². The van der Waals surface area contributed by atoms with Crippen molar-refractivity contribution in [2.24, 2.45) is 0 Å². The molecule has 0 spiro atoms. The van der Waals surface area contributed by atoms with E-state index in [0.717, 1.165) is 17.4 Å². The van der Waals surface area contributed by atoms with Crippen LogP contribution in [0.1, 0.15) is 31.5 Å². The summed E-state index contributed by atoms with van der Waals surface area (Å²) in [6.07, 6.45) is -0.819. The molecule has 1 fully saturated rings. The first kappa shape index (κ1) is 17.5. The number of anilines is 1. The van der Waals surface area contributed by atoms with E-state index in [0.29, 0.717) is 31.9 Å². The van der Waals surface area contributed by atoms with Crippen LogP contribution in [-0.4, -0.2) is 63.5 Å². The molecule has 2 aromatic rings. The fraction of sp³-hybridized carbons (Fsp3) is 0.600. The predicted molar refractivity (Wildman–Crippen MR) is 85.5 cm³/mol. The van der Waals surface area contributed by atoms with Crippen LogP contribution in [-0.2, 0) is 9.53 Å². The van der Waals surface area contributed by atoms with Crippen LogP contribution in [0.5, 0.6) is 0 Å². The quantitative estimate of drug-likeness (QED) is 0.846. The molecule has 1 N–H and O–H groups in total. The Balaban J connectivity index is 1.59. The number of methoxy groups -OCH3 is 1. The maximum absolute atomic E-state index is 12.9. The van der Waals surface area contributed by atoms with Gasteiger partial charge in [-0.15, -0.1) is 15.3 Å². The maximum atomic E-state index is 12.9. The highest BCUT2D eigenvalue weighted by Gasteiger charge is 2.23. The monoisotopic (exact) mass is 354 g/mol. The highest BCUT2D eigenvalue weighted by Crippen LogP contribution is 2.19. The van der Waals surface area contributed by atoms with Crippen molar-refractivity contribution in [3.63, 3.8) is 0 Å². The van der Waals surface area contributed by atoms with E-state index >= 15 is 0 Å². The van der Waals surface area contributed by atoms with Crippen molar-refractivity contribution in [2.45, 2.75) is 31.7 Å². The van der Waals surface area contributed by atoms with E-state index in [-0.39, 0.29) is 17.6 Å². The first-order valence-electron chi connectivity index (χ1n) is 8.12. The van der Waals surface area contributed by atoms with E-state index in [1.807, 2.05) is 4.90 Å². The lowest BCUT2D eigenvalue weighted by atomic mass is 10.0. The number of rotatable bonds is 6. The zero-order valence-corrected chi connectivity index (χ0v) is 13.9. The van der Waals surface area contributed by atoms with Crippen LogP contribution in [0.25, 0.3) is 5.65 Å². The van der Waals surface area contributed by atoms with Crippen molar-refractivity contribution >= 4 is 17.4 Å². The van der Waals surface area contributed by atoms with Gasteiger partial charge in [0.25, 0.3) is 6.43 Å². The molecule has 10 heteroatoms. The van der Waals surface area contributed by atoms with Gasteiger partial charge in [-0.1, -0.05) is 0 Å². The second-order valence-corrected chi connectivity index (χ2v) is 5.89. The number of halogens is 2. The number of fused-ring (bicyclic) bond motifs is 1. The van der Waals surface area contributed by atoms with Crippen LogP contribution in [0.3, 0.4) is 0 Å². The van der Waals surface area contributed by atoms with Crippen molar-refractivity contribution in [2.75, 3.05) is 32.1 Å². The van der Waals surface area contributed by atoms with Crippen LogP contribution in [0.4, 0.5) is 14.6 Å². The number of likely N-dealkylation sites (tertiary alicyclic amines) is 1. The Labute approximate surface area is 143 Å². The van der Waals surface area contributed by atoms with Gasteiger partial charge >= 0.3 is 0 Å². The van der Waals surface area contributed by atoms with Crippen LogP contribution in [0.15, 0.2) is 12.1 Å². The smallest absolute Gasteiger partial charge is 0.299 e. The molecule has 3 heterocycles. The van der Waals surface area contributed by atoms with Crippen molar-refractivity contribution in [1.29, 1.82) is 0 Å². The number of hydrogen-bond acceptors (Lipinski definition) is 6. The Bertz CT molecular complexity index is 730. The SMILES string of the molecule is COCCC(=O)N1CCC(Nc2ccc3nnc(C(F)F)n3n2)CC1. The van der Waals surface area contributed by atoms with Crippen LogP contribution in [0, 0.1) is 0 Å². The molecule has 1 aliphatic heterocycles. The third-order valence-corrected chi connectivity index (χ3v) is 4.20. The van der Waals surface area contributed by atoms with E-state index in [1.165, 1.54) is 0 Å². The minimum Gasteiger partial charge on any atom is -0.384 e. The molecule has 0 unspecified atom stereocenters. The van der Waals surface area contributed by atoms with Gasteiger partial charge in [-0.2, -0.15) is 4.52 Å². The fourth-order valence-electron chi connectivity index (χ4n) is 2.85. The summed E-state index contributed by atoms with van der Waals surface area (Å²) >= 11 is 0. The van der Waals surface area contributed by atoms with E-state index < -0.39 is 12.2 Å². The molecular weight excluding hydrogens is 334 g/mol. The van der Waals surface area contributed by atoms with Gasteiger partial charge in [0.2, 0.25) is 11.7 Å². The molecule has 0 radical (unpaired) electrons. The second-order valence-electron chi connectivity index (χ2n) is 5.89.